The maximum absolute atomic E-state index is 13.6. The summed E-state index contributed by atoms with van der Waals surface area (Å²) in [4.78, 5) is 13.0. The molecule has 0 saturated heterocycles. The zero-order valence-corrected chi connectivity index (χ0v) is 12.1. The standard InChI is InChI=1S/C16H20FNO2/c1-10(2)18-8-4-5-12-6-7-13(9-14(12)18)11(3)15(17)16(19)20/h6-7,9-10H,4-5,8H2,1-3H3,(H,19,20)/b15-11+. The van der Waals surface area contributed by atoms with E-state index in [-0.39, 0.29) is 5.57 Å². The van der Waals surface area contributed by atoms with E-state index in [0.29, 0.717) is 11.6 Å². The van der Waals surface area contributed by atoms with Crippen LogP contribution in [0.3, 0.4) is 0 Å². The molecule has 1 N–H and O–H groups in total. The van der Waals surface area contributed by atoms with Crippen molar-refractivity contribution in [3.8, 4) is 0 Å². The lowest BCUT2D eigenvalue weighted by Crippen LogP contribution is -2.35. The van der Waals surface area contributed by atoms with Crippen LogP contribution in [0.2, 0.25) is 0 Å². The molecule has 4 heteroatoms. The second kappa shape index (κ2) is 5.65. The van der Waals surface area contributed by atoms with E-state index in [0.717, 1.165) is 25.1 Å². The van der Waals surface area contributed by atoms with E-state index >= 15 is 0 Å². The summed E-state index contributed by atoms with van der Waals surface area (Å²) in [5, 5.41) is 8.75. The fraction of sp³-hybridized carbons (Fsp3) is 0.438. The number of nitrogens with zero attached hydrogens (tertiary/aromatic N) is 1. The van der Waals surface area contributed by atoms with Crippen LogP contribution < -0.4 is 4.90 Å². The molecule has 1 aliphatic heterocycles. The fourth-order valence-corrected chi connectivity index (χ4v) is 2.66. The molecular formula is C16H20FNO2. The molecule has 0 unspecified atom stereocenters. The highest BCUT2D eigenvalue weighted by molar-refractivity contribution is 5.93. The highest BCUT2D eigenvalue weighted by Crippen LogP contribution is 2.32. The van der Waals surface area contributed by atoms with Crippen molar-refractivity contribution in [3.05, 3.63) is 35.2 Å². The molecule has 0 amide bonds. The van der Waals surface area contributed by atoms with Crippen molar-refractivity contribution in [2.75, 3.05) is 11.4 Å². The number of anilines is 1. The van der Waals surface area contributed by atoms with Crippen molar-refractivity contribution >= 4 is 17.2 Å². The smallest absolute Gasteiger partial charge is 0.365 e. The van der Waals surface area contributed by atoms with Crippen molar-refractivity contribution in [1.82, 2.24) is 0 Å². The van der Waals surface area contributed by atoms with Gasteiger partial charge in [0.25, 0.3) is 0 Å². The summed E-state index contributed by atoms with van der Waals surface area (Å²) in [6.07, 6.45) is 2.13. The maximum Gasteiger partial charge on any atom is 0.365 e. The molecule has 1 heterocycles. The average Bonchev–Trinajstić information content (AvgIpc) is 2.44. The molecule has 0 fully saturated rings. The van der Waals surface area contributed by atoms with Gasteiger partial charge < -0.3 is 10.0 Å². The molecule has 1 aromatic carbocycles. The van der Waals surface area contributed by atoms with Crippen LogP contribution in [0.15, 0.2) is 24.0 Å². The van der Waals surface area contributed by atoms with E-state index < -0.39 is 11.8 Å². The lowest BCUT2D eigenvalue weighted by Gasteiger charge is -2.35. The minimum atomic E-state index is -1.51. The summed E-state index contributed by atoms with van der Waals surface area (Å²) in [6, 6.07) is 6.07. The van der Waals surface area contributed by atoms with Gasteiger partial charge in [0, 0.05) is 18.3 Å². The second-order valence-electron chi connectivity index (χ2n) is 5.48. The number of hydrogen-bond donors (Lipinski definition) is 1. The van der Waals surface area contributed by atoms with Gasteiger partial charge in [-0.25, -0.2) is 4.79 Å². The van der Waals surface area contributed by atoms with E-state index in [2.05, 4.69) is 18.7 Å². The van der Waals surface area contributed by atoms with Gasteiger partial charge >= 0.3 is 5.97 Å². The van der Waals surface area contributed by atoms with Crippen LogP contribution in [0.25, 0.3) is 5.57 Å². The Morgan fingerprint density at radius 1 is 1.40 bits per heavy atom. The molecule has 1 aliphatic rings. The molecule has 0 spiro atoms. The molecule has 2 rings (SSSR count). The Balaban J connectivity index is 2.48. The van der Waals surface area contributed by atoms with E-state index in [9.17, 15) is 9.18 Å². The number of fused-ring (bicyclic) bond motifs is 1. The van der Waals surface area contributed by atoms with Gasteiger partial charge in [-0.1, -0.05) is 12.1 Å². The van der Waals surface area contributed by atoms with Crippen LogP contribution in [-0.2, 0) is 11.2 Å². The highest BCUT2D eigenvalue weighted by atomic mass is 19.1. The van der Waals surface area contributed by atoms with E-state index in [1.165, 1.54) is 12.5 Å². The monoisotopic (exact) mass is 277 g/mol. The first-order valence-electron chi connectivity index (χ1n) is 6.91. The minimum absolute atomic E-state index is 0.176. The van der Waals surface area contributed by atoms with Gasteiger partial charge in [0.1, 0.15) is 0 Å². The quantitative estimate of drug-likeness (QED) is 0.858. The van der Waals surface area contributed by atoms with Crippen LogP contribution in [0.4, 0.5) is 10.1 Å². The molecule has 0 radical (unpaired) electrons. The Hall–Kier alpha value is -1.84. The molecular weight excluding hydrogens is 257 g/mol. The SMILES string of the molecule is C/C(=C(\F)C(=O)O)c1ccc2c(c1)N(C(C)C)CCC2. The summed E-state index contributed by atoms with van der Waals surface area (Å²) in [7, 11) is 0. The fourth-order valence-electron chi connectivity index (χ4n) is 2.66. The van der Waals surface area contributed by atoms with Gasteiger partial charge in [-0.15, -0.1) is 0 Å². The predicted molar refractivity (Wildman–Crippen MR) is 78.6 cm³/mol. The van der Waals surface area contributed by atoms with Crippen LogP contribution in [-0.4, -0.2) is 23.7 Å². The molecule has 0 atom stereocenters. The van der Waals surface area contributed by atoms with Gasteiger partial charge in [0.05, 0.1) is 0 Å². The number of allylic oxidation sites excluding steroid dienone is 1. The number of carboxylic acids is 1. The number of hydrogen-bond acceptors (Lipinski definition) is 2. The van der Waals surface area contributed by atoms with Crippen LogP contribution in [0, 0.1) is 0 Å². The van der Waals surface area contributed by atoms with Gasteiger partial charge in [0.2, 0.25) is 5.83 Å². The summed E-state index contributed by atoms with van der Waals surface area (Å²) < 4.78 is 13.6. The number of aliphatic carboxylic acids is 1. The van der Waals surface area contributed by atoms with E-state index in [1.807, 2.05) is 12.1 Å². The van der Waals surface area contributed by atoms with Crippen molar-refractivity contribution < 1.29 is 14.3 Å². The Labute approximate surface area is 118 Å². The Morgan fingerprint density at radius 2 is 2.10 bits per heavy atom. The van der Waals surface area contributed by atoms with Gasteiger partial charge in [0.15, 0.2) is 0 Å². The van der Waals surface area contributed by atoms with Crippen molar-refractivity contribution in [3.63, 3.8) is 0 Å². The van der Waals surface area contributed by atoms with Crippen molar-refractivity contribution in [2.24, 2.45) is 0 Å². The van der Waals surface area contributed by atoms with Gasteiger partial charge in [-0.3, -0.25) is 0 Å². The third kappa shape index (κ3) is 2.69. The van der Waals surface area contributed by atoms with Crippen LogP contribution in [0.5, 0.6) is 0 Å². The number of halogens is 1. The molecule has 20 heavy (non-hydrogen) atoms. The second-order valence-corrected chi connectivity index (χ2v) is 5.48. The molecule has 1 aromatic rings. The predicted octanol–water partition coefficient (Wildman–Crippen LogP) is 3.63. The molecule has 3 nitrogen and oxygen atoms in total. The third-order valence-corrected chi connectivity index (χ3v) is 3.81. The van der Waals surface area contributed by atoms with Gasteiger partial charge in [-0.2, -0.15) is 4.39 Å². The van der Waals surface area contributed by atoms with Crippen molar-refractivity contribution in [2.45, 2.75) is 39.7 Å². The maximum atomic E-state index is 13.6. The topological polar surface area (TPSA) is 40.5 Å². The van der Waals surface area contributed by atoms with E-state index in [1.54, 1.807) is 6.07 Å². The summed E-state index contributed by atoms with van der Waals surface area (Å²) in [5.74, 6) is -2.60. The Morgan fingerprint density at radius 3 is 2.70 bits per heavy atom. The Bertz CT molecular complexity index is 564. The zero-order valence-electron chi connectivity index (χ0n) is 12.1. The summed E-state index contributed by atoms with van der Waals surface area (Å²) >= 11 is 0. The first-order valence-corrected chi connectivity index (χ1v) is 6.91. The lowest BCUT2D eigenvalue weighted by atomic mass is 9.96. The lowest BCUT2D eigenvalue weighted by molar-refractivity contribution is -0.134. The van der Waals surface area contributed by atoms with E-state index in [4.69, 9.17) is 5.11 Å². The molecule has 0 aromatic heterocycles. The highest BCUT2D eigenvalue weighted by Gasteiger charge is 2.20. The third-order valence-electron chi connectivity index (χ3n) is 3.81. The number of carbonyl (C=O) groups is 1. The zero-order chi connectivity index (χ0) is 14.9. The first-order chi connectivity index (χ1) is 9.41. The Kier molecular flexibility index (Phi) is 4.12. The largest absolute Gasteiger partial charge is 0.476 e. The summed E-state index contributed by atoms with van der Waals surface area (Å²) in [6.45, 7) is 6.75. The molecule has 0 saturated carbocycles. The van der Waals surface area contributed by atoms with Gasteiger partial charge in [-0.05, 0) is 56.4 Å². The number of carboxylic acid groups (broad SMARTS) is 1. The molecule has 0 aliphatic carbocycles. The van der Waals surface area contributed by atoms with Crippen molar-refractivity contribution in [1.29, 1.82) is 0 Å². The number of aryl methyl sites for hydroxylation is 1. The summed E-state index contributed by atoms with van der Waals surface area (Å²) in [5.41, 5.74) is 3.16. The minimum Gasteiger partial charge on any atom is -0.476 e. The van der Waals surface area contributed by atoms with Crippen LogP contribution >= 0.6 is 0 Å². The normalized spacial score (nSPS) is 15.9. The average molecular weight is 277 g/mol. The molecule has 0 bridgehead atoms. The first kappa shape index (κ1) is 14.6. The van der Waals surface area contributed by atoms with Crippen LogP contribution in [0.1, 0.15) is 38.3 Å². The number of benzene rings is 1. The number of rotatable bonds is 3. The molecule has 108 valence electrons.